The van der Waals surface area contributed by atoms with Gasteiger partial charge in [0, 0.05) is 16.7 Å². The maximum absolute atomic E-state index is 8.35. The molecule has 2 nitrogen and oxygen atoms in total. The molecule has 1 rings (SSSR count). The van der Waals surface area contributed by atoms with Gasteiger partial charge in [-0.05, 0) is 30.7 Å². The number of nitrogens with zero attached hydrogens (tertiary/aromatic N) is 1. The average Bonchev–Trinajstić information content (AvgIpc) is 2.12. The number of nitriles is 1. The van der Waals surface area contributed by atoms with Crippen molar-refractivity contribution in [1.82, 2.24) is 0 Å². The Hall–Kier alpha value is -1.01. The molecule has 1 N–H and O–H groups in total. The molecule has 0 bridgehead atoms. The molecule has 3 heteroatoms. The Morgan fingerprint density at radius 1 is 1.54 bits per heavy atom. The summed E-state index contributed by atoms with van der Waals surface area (Å²) in [7, 11) is 0. The fraction of sp³-hybridized carbons (Fsp3) is 0.300. The summed E-state index contributed by atoms with van der Waals surface area (Å²) in [6.07, 6.45) is 0.537. The molecule has 0 spiro atoms. The predicted molar refractivity (Wildman–Crippen MR) is 57.6 cm³/mol. The molecule has 0 unspecified atom stereocenters. The zero-order valence-electron chi connectivity index (χ0n) is 7.47. The van der Waals surface area contributed by atoms with Crippen molar-refractivity contribution in [3.8, 4) is 6.07 Å². The second-order valence-corrected chi connectivity index (χ2v) is 3.65. The first kappa shape index (κ1) is 10.1. The highest BCUT2D eigenvalue weighted by molar-refractivity contribution is 9.10. The van der Waals surface area contributed by atoms with E-state index >= 15 is 0 Å². The van der Waals surface area contributed by atoms with Crippen molar-refractivity contribution in [1.29, 1.82) is 5.26 Å². The lowest BCUT2D eigenvalue weighted by molar-refractivity contribution is 1.07. The Morgan fingerprint density at radius 2 is 2.31 bits per heavy atom. The van der Waals surface area contributed by atoms with Crippen molar-refractivity contribution in [3.05, 3.63) is 28.2 Å². The molecule has 0 atom stereocenters. The average molecular weight is 239 g/mol. The van der Waals surface area contributed by atoms with Crippen molar-refractivity contribution >= 4 is 21.6 Å². The third-order valence-corrected chi connectivity index (χ3v) is 2.61. The number of hydrogen-bond acceptors (Lipinski definition) is 2. The minimum atomic E-state index is 0.537. The summed E-state index contributed by atoms with van der Waals surface area (Å²) in [5, 5.41) is 11.5. The van der Waals surface area contributed by atoms with Crippen LogP contribution in [-0.4, -0.2) is 6.54 Å². The summed E-state index contributed by atoms with van der Waals surface area (Å²) in [5.41, 5.74) is 2.26. The third kappa shape index (κ3) is 3.08. The summed E-state index contributed by atoms with van der Waals surface area (Å²) >= 11 is 3.43. The Labute approximate surface area is 86.7 Å². The van der Waals surface area contributed by atoms with Crippen LogP contribution in [0.1, 0.15) is 12.0 Å². The molecule has 0 amide bonds. The third-order valence-electron chi connectivity index (χ3n) is 1.72. The number of anilines is 1. The van der Waals surface area contributed by atoms with Crippen LogP contribution in [0.3, 0.4) is 0 Å². The number of nitrogens with one attached hydrogen (secondary N) is 1. The summed E-state index contributed by atoms with van der Waals surface area (Å²) < 4.78 is 1.11. The fourth-order valence-corrected chi connectivity index (χ4v) is 1.26. The van der Waals surface area contributed by atoms with Crippen LogP contribution in [0.25, 0.3) is 0 Å². The van der Waals surface area contributed by atoms with Crippen LogP contribution in [0.2, 0.25) is 0 Å². The quantitative estimate of drug-likeness (QED) is 0.822. The van der Waals surface area contributed by atoms with Gasteiger partial charge in [-0.25, -0.2) is 0 Å². The maximum atomic E-state index is 8.35. The van der Waals surface area contributed by atoms with E-state index in [4.69, 9.17) is 5.26 Å². The molecule has 68 valence electrons. The molecule has 1 aromatic rings. The molecule has 0 aliphatic rings. The van der Waals surface area contributed by atoms with E-state index in [-0.39, 0.29) is 0 Å². The van der Waals surface area contributed by atoms with Gasteiger partial charge in [-0.3, -0.25) is 0 Å². The Morgan fingerprint density at radius 3 is 2.92 bits per heavy atom. The van der Waals surface area contributed by atoms with Crippen molar-refractivity contribution in [2.24, 2.45) is 0 Å². The molecule has 0 fully saturated rings. The number of aryl methyl sites for hydroxylation is 1. The molecule has 1 aromatic carbocycles. The van der Waals surface area contributed by atoms with Gasteiger partial charge in [0.05, 0.1) is 12.5 Å². The van der Waals surface area contributed by atoms with Crippen LogP contribution in [0.4, 0.5) is 5.69 Å². The van der Waals surface area contributed by atoms with Crippen LogP contribution < -0.4 is 5.32 Å². The monoisotopic (exact) mass is 238 g/mol. The molecule has 0 saturated carbocycles. The van der Waals surface area contributed by atoms with Crippen LogP contribution in [0.5, 0.6) is 0 Å². The van der Waals surface area contributed by atoms with Gasteiger partial charge in [-0.2, -0.15) is 5.26 Å². The van der Waals surface area contributed by atoms with E-state index in [2.05, 4.69) is 33.4 Å². The van der Waals surface area contributed by atoms with E-state index in [1.807, 2.05) is 19.1 Å². The largest absolute Gasteiger partial charge is 0.384 e. The molecule has 0 aromatic heterocycles. The van der Waals surface area contributed by atoms with Gasteiger partial charge in [-0.15, -0.1) is 0 Å². The molecule has 13 heavy (non-hydrogen) atoms. The lowest BCUT2D eigenvalue weighted by Gasteiger charge is -2.05. The SMILES string of the molecule is Cc1cc(NCCC#N)ccc1Br. The van der Waals surface area contributed by atoms with Gasteiger partial charge in [0.15, 0.2) is 0 Å². The van der Waals surface area contributed by atoms with Gasteiger partial charge in [0.25, 0.3) is 0 Å². The minimum absolute atomic E-state index is 0.537. The first-order valence-corrected chi connectivity index (χ1v) is 4.90. The topological polar surface area (TPSA) is 35.8 Å². The fourth-order valence-electron chi connectivity index (χ4n) is 1.02. The number of rotatable bonds is 3. The van der Waals surface area contributed by atoms with Crippen molar-refractivity contribution in [2.45, 2.75) is 13.3 Å². The smallest absolute Gasteiger partial charge is 0.0640 e. The maximum Gasteiger partial charge on any atom is 0.0640 e. The highest BCUT2D eigenvalue weighted by Gasteiger charge is 1.95. The Kier molecular flexibility index (Phi) is 3.78. The van der Waals surface area contributed by atoms with Gasteiger partial charge >= 0.3 is 0 Å². The molecular weight excluding hydrogens is 228 g/mol. The predicted octanol–water partition coefficient (Wildman–Crippen LogP) is 3.08. The number of hydrogen-bond donors (Lipinski definition) is 1. The van der Waals surface area contributed by atoms with E-state index in [0.29, 0.717) is 13.0 Å². The minimum Gasteiger partial charge on any atom is -0.384 e. The lowest BCUT2D eigenvalue weighted by atomic mass is 10.2. The van der Waals surface area contributed by atoms with Crippen molar-refractivity contribution in [3.63, 3.8) is 0 Å². The Bertz CT molecular complexity index is 328. The Balaban J connectivity index is 2.59. The number of halogens is 1. The van der Waals surface area contributed by atoms with E-state index < -0.39 is 0 Å². The first-order chi connectivity index (χ1) is 6.24. The molecule has 0 heterocycles. The van der Waals surface area contributed by atoms with Gasteiger partial charge in [-0.1, -0.05) is 15.9 Å². The van der Waals surface area contributed by atoms with Crippen molar-refractivity contribution < 1.29 is 0 Å². The molecule has 0 aliphatic heterocycles. The first-order valence-electron chi connectivity index (χ1n) is 4.11. The molecule has 0 aliphatic carbocycles. The van der Waals surface area contributed by atoms with Crippen LogP contribution in [-0.2, 0) is 0 Å². The highest BCUT2D eigenvalue weighted by atomic mass is 79.9. The van der Waals surface area contributed by atoms with E-state index in [1.54, 1.807) is 0 Å². The van der Waals surface area contributed by atoms with E-state index in [0.717, 1.165) is 10.2 Å². The highest BCUT2D eigenvalue weighted by Crippen LogP contribution is 2.19. The second kappa shape index (κ2) is 4.88. The number of benzene rings is 1. The second-order valence-electron chi connectivity index (χ2n) is 2.80. The molecule has 0 radical (unpaired) electrons. The zero-order valence-corrected chi connectivity index (χ0v) is 9.06. The van der Waals surface area contributed by atoms with Gasteiger partial charge in [0.1, 0.15) is 0 Å². The zero-order chi connectivity index (χ0) is 9.68. The van der Waals surface area contributed by atoms with Crippen LogP contribution in [0.15, 0.2) is 22.7 Å². The van der Waals surface area contributed by atoms with Gasteiger partial charge < -0.3 is 5.32 Å². The van der Waals surface area contributed by atoms with Crippen LogP contribution in [0, 0.1) is 18.3 Å². The molecule has 0 saturated heterocycles. The van der Waals surface area contributed by atoms with Crippen LogP contribution >= 0.6 is 15.9 Å². The van der Waals surface area contributed by atoms with E-state index in [1.165, 1.54) is 5.56 Å². The normalized spacial score (nSPS) is 9.31. The summed E-state index contributed by atoms with van der Waals surface area (Å²) in [6, 6.07) is 8.15. The lowest BCUT2D eigenvalue weighted by Crippen LogP contribution is -2.00. The summed E-state index contributed by atoms with van der Waals surface area (Å²) in [6.45, 7) is 2.75. The van der Waals surface area contributed by atoms with Gasteiger partial charge in [0.2, 0.25) is 0 Å². The van der Waals surface area contributed by atoms with E-state index in [9.17, 15) is 0 Å². The van der Waals surface area contributed by atoms with Crippen molar-refractivity contribution in [2.75, 3.05) is 11.9 Å². The summed E-state index contributed by atoms with van der Waals surface area (Å²) in [4.78, 5) is 0. The standard InChI is InChI=1S/C10H11BrN2/c1-8-7-9(3-4-10(8)11)13-6-2-5-12/h3-4,7,13H,2,6H2,1H3. The molecular formula is C10H11BrN2. The summed E-state index contributed by atoms with van der Waals surface area (Å²) in [5.74, 6) is 0.